The molecule has 0 aromatic heterocycles. The van der Waals surface area contributed by atoms with E-state index in [-0.39, 0.29) is 29.7 Å². The Hall–Kier alpha value is -2.87. The first-order valence-corrected chi connectivity index (χ1v) is 10.8. The minimum atomic E-state index is -3.87. The van der Waals surface area contributed by atoms with Crippen molar-refractivity contribution >= 4 is 27.6 Å². The Labute approximate surface area is 171 Å². The van der Waals surface area contributed by atoms with Crippen molar-refractivity contribution in [2.24, 2.45) is 0 Å². The van der Waals surface area contributed by atoms with Crippen LogP contribution >= 0.6 is 0 Å². The Balaban J connectivity index is 2.27. The first-order chi connectivity index (χ1) is 13.6. The monoisotopic (exact) mass is 418 g/mol. The van der Waals surface area contributed by atoms with Crippen molar-refractivity contribution in [1.29, 1.82) is 0 Å². The average Bonchev–Trinajstić information content (AvgIpc) is 2.67. The third-order valence-corrected chi connectivity index (χ3v) is 5.56. The molecule has 0 aliphatic rings. The van der Waals surface area contributed by atoms with Gasteiger partial charge in [-0.2, -0.15) is 0 Å². The van der Waals surface area contributed by atoms with Crippen LogP contribution in [0.5, 0.6) is 0 Å². The average molecular weight is 419 g/mol. The highest BCUT2D eigenvalue weighted by atomic mass is 32.2. The summed E-state index contributed by atoms with van der Waals surface area (Å²) in [6.07, 6.45) is 0. The van der Waals surface area contributed by atoms with Gasteiger partial charge in [0, 0.05) is 17.3 Å². The maximum absolute atomic E-state index is 12.9. The molecule has 2 aromatic carbocycles. The summed E-state index contributed by atoms with van der Waals surface area (Å²) < 4.78 is 32.9. The minimum absolute atomic E-state index is 0.0382. The Morgan fingerprint density at radius 1 is 1.10 bits per heavy atom. The molecule has 0 saturated heterocycles. The number of carbonyl (C=O) groups excluding carboxylic acids is 2. The summed E-state index contributed by atoms with van der Waals surface area (Å²) in [7, 11) is -3.87. The number of aryl methyl sites for hydroxylation is 1. The number of benzene rings is 2. The number of sulfonamides is 1. The van der Waals surface area contributed by atoms with Gasteiger partial charge in [-0.15, -0.1) is 0 Å². The number of hydrogen-bond acceptors (Lipinski definition) is 5. The second kappa shape index (κ2) is 9.56. The number of carbonyl (C=O) groups is 2. The number of nitrogens with one attached hydrogen (secondary N) is 1. The quantitative estimate of drug-likeness (QED) is 0.665. The molecule has 0 heterocycles. The van der Waals surface area contributed by atoms with Gasteiger partial charge >= 0.3 is 5.97 Å². The van der Waals surface area contributed by atoms with Crippen LogP contribution in [0, 0.1) is 6.92 Å². The predicted octanol–water partition coefficient (Wildman–Crippen LogP) is 3.21. The number of hydrogen-bond donors (Lipinski definition) is 1. The van der Waals surface area contributed by atoms with Gasteiger partial charge in [-0.05, 0) is 58.0 Å². The van der Waals surface area contributed by atoms with E-state index in [0.717, 1.165) is 5.56 Å². The molecule has 0 unspecified atom stereocenters. The normalized spacial score (nSPS) is 11.2. The van der Waals surface area contributed by atoms with Crippen molar-refractivity contribution in [3.05, 3.63) is 59.7 Å². The van der Waals surface area contributed by atoms with E-state index in [4.69, 9.17) is 4.74 Å². The molecular weight excluding hydrogens is 392 g/mol. The molecule has 7 nitrogen and oxygen atoms in total. The van der Waals surface area contributed by atoms with Crippen LogP contribution < -0.4 is 4.72 Å². The molecule has 2 rings (SSSR count). The molecule has 156 valence electrons. The fourth-order valence-corrected chi connectivity index (χ4v) is 3.74. The zero-order valence-electron chi connectivity index (χ0n) is 17.0. The molecule has 1 N–H and O–H groups in total. The highest BCUT2D eigenvalue weighted by Gasteiger charge is 2.24. The van der Waals surface area contributed by atoms with Crippen LogP contribution in [0.3, 0.4) is 0 Å². The Bertz CT molecular complexity index is 969. The van der Waals surface area contributed by atoms with Gasteiger partial charge in [0.05, 0.1) is 11.5 Å². The van der Waals surface area contributed by atoms with Crippen molar-refractivity contribution in [3.63, 3.8) is 0 Å². The van der Waals surface area contributed by atoms with Crippen LogP contribution in [0.4, 0.5) is 5.69 Å². The summed E-state index contributed by atoms with van der Waals surface area (Å²) in [5, 5.41) is 0. The molecule has 0 saturated carbocycles. The molecule has 1 amide bonds. The Kier molecular flexibility index (Phi) is 7.39. The van der Waals surface area contributed by atoms with Gasteiger partial charge in [-0.25, -0.2) is 8.42 Å². The van der Waals surface area contributed by atoms with Gasteiger partial charge in [-0.1, -0.05) is 23.8 Å². The van der Waals surface area contributed by atoms with E-state index in [0.29, 0.717) is 5.69 Å². The first-order valence-electron chi connectivity index (χ1n) is 9.30. The number of esters is 1. The summed E-state index contributed by atoms with van der Waals surface area (Å²) in [5.41, 5.74) is 1.61. The van der Waals surface area contributed by atoms with Gasteiger partial charge in [0.25, 0.3) is 15.9 Å². The van der Waals surface area contributed by atoms with E-state index in [2.05, 4.69) is 4.72 Å². The lowest BCUT2D eigenvalue weighted by molar-refractivity contribution is -0.144. The molecule has 0 bridgehead atoms. The highest BCUT2D eigenvalue weighted by Crippen LogP contribution is 2.19. The molecular formula is C21H26N2O5S. The maximum atomic E-state index is 12.9. The van der Waals surface area contributed by atoms with E-state index in [1.54, 1.807) is 45.0 Å². The summed E-state index contributed by atoms with van der Waals surface area (Å²) in [5.74, 6) is -0.959. The molecule has 2 aromatic rings. The van der Waals surface area contributed by atoms with E-state index in [9.17, 15) is 18.0 Å². The topological polar surface area (TPSA) is 92.8 Å². The summed E-state index contributed by atoms with van der Waals surface area (Å²) in [6.45, 7) is 7.16. The van der Waals surface area contributed by atoms with Crippen LogP contribution in [0.15, 0.2) is 53.4 Å². The van der Waals surface area contributed by atoms with E-state index >= 15 is 0 Å². The van der Waals surface area contributed by atoms with Crippen molar-refractivity contribution in [2.75, 3.05) is 17.9 Å². The number of ether oxygens (including phenoxy) is 1. The zero-order valence-corrected chi connectivity index (χ0v) is 17.8. The van der Waals surface area contributed by atoms with Crippen LogP contribution in [0.2, 0.25) is 0 Å². The fourth-order valence-electron chi connectivity index (χ4n) is 2.63. The molecule has 29 heavy (non-hydrogen) atoms. The number of nitrogens with zero attached hydrogens (tertiary/aromatic N) is 1. The smallest absolute Gasteiger partial charge is 0.325 e. The van der Waals surface area contributed by atoms with Crippen molar-refractivity contribution in [1.82, 2.24) is 4.90 Å². The summed E-state index contributed by atoms with van der Waals surface area (Å²) in [4.78, 5) is 26.0. The summed E-state index contributed by atoms with van der Waals surface area (Å²) in [6, 6.07) is 12.4. The van der Waals surface area contributed by atoms with Gasteiger partial charge < -0.3 is 9.64 Å². The lowest BCUT2D eigenvalue weighted by Crippen LogP contribution is -2.41. The van der Waals surface area contributed by atoms with Gasteiger partial charge in [0.2, 0.25) is 0 Å². The molecule has 0 aliphatic carbocycles. The highest BCUT2D eigenvalue weighted by molar-refractivity contribution is 7.92. The molecule has 0 fully saturated rings. The standard InChI is InChI=1S/C21H26N2O5S/c1-5-28-20(24)14-23(15(2)3)21(25)17-7-6-8-19(13-17)29(26,27)22-18-11-9-16(4)10-12-18/h6-13,15,22H,5,14H2,1-4H3. The first kappa shape index (κ1) is 22.4. The predicted molar refractivity (Wildman–Crippen MR) is 111 cm³/mol. The third-order valence-electron chi connectivity index (χ3n) is 4.18. The lowest BCUT2D eigenvalue weighted by atomic mass is 10.1. The van der Waals surface area contributed by atoms with Crippen molar-refractivity contribution < 1.29 is 22.7 Å². The Morgan fingerprint density at radius 3 is 2.34 bits per heavy atom. The molecule has 0 atom stereocenters. The van der Waals surface area contributed by atoms with Gasteiger partial charge in [0.1, 0.15) is 6.54 Å². The van der Waals surface area contributed by atoms with E-state index < -0.39 is 21.9 Å². The summed E-state index contributed by atoms with van der Waals surface area (Å²) >= 11 is 0. The Morgan fingerprint density at radius 2 is 1.76 bits per heavy atom. The van der Waals surface area contributed by atoms with Crippen molar-refractivity contribution in [3.8, 4) is 0 Å². The number of anilines is 1. The number of amides is 1. The largest absolute Gasteiger partial charge is 0.465 e. The molecule has 0 aliphatic heterocycles. The molecule has 0 spiro atoms. The maximum Gasteiger partial charge on any atom is 0.325 e. The van der Waals surface area contributed by atoms with Gasteiger partial charge in [-0.3, -0.25) is 14.3 Å². The molecule has 0 radical (unpaired) electrons. The van der Waals surface area contributed by atoms with Crippen LogP contribution in [0.1, 0.15) is 36.7 Å². The van der Waals surface area contributed by atoms with Gasteiger partial charge in [0.15, 0.2) is 0 Å². The molecule has 8 heteroatoms. The van der Waals surface area contributed by atoms with Crippen LogP contribution in [-0.2, 0) is 19.6 Å². The van der Waals surface area contributed by atoms with Crippen molar-refractivity contribution in [2.45, 2.75) is 38.6 Å². The SMILES string of the molecule is CCOC(=O)CN(C(=O)c1cccc(S(=O)(=O)Nc2ccc(C)cc2)c1)C(C)C. The second-order valence-electron chi connectivity index (χ2n) is 6.83. The fraction of sp³-hybridized carbons (Fsp3) is 0.333. The zero-order chi connectivity index (χ0) is 21.6. The lowest BCUT2D eigenvalue weighted by Gasteiger charge is -2.26. The van der Waals surface area contributed by atoms with E-state index in [1.165, 1.54) is 29.2 Å². The second-order valence-corrected chi connectivity index (χ2v) is 8.51. The number of rotatable bonds is 8. The third kappa shape index (κ3) is 6.05. The minimum Gasteiger partial charge on any atom is -0.465 e. The van der Waals surface area contributed by atoms with E-state index in [1.807, 2.05) is 6.92 Å². The van der Waals surface area contributed by atoms with Crippen LogP contribution in [-0.4, -0.2) is 44.4 Å². The van der Waals surface area contributed by atoms with Crippen LogP contribution in [0.25, 0.3) is 0 Å².